The number of hydrogen-bond acceptors (Lipinski definition) is 3. The maximum Gasteiger partial charge on any atom is 0.306 e. The number of nitrogens with zero attached hydrogens (tertiary/aromatic N) is 1. The van der Waals surface area contributed by atoms with Crippen LogP contribution in [0.1, 0.15) is 24.5 Å². The van der Waals surface area contributed by atoms with Crippen LogP contribution in [0.3, 0.4) is 0 Å². The SMILES string of the molecule is CCOC(=O)CCc1c[nH]c2c(C#N)c(F)ccc12. The van der Waals surface area contributed by atoms with Crippen LogP contribution >= 0.6 is 0 Å². The number of rotatable bonds is 4. The van der Waals surface area contributed by atoms with Gasteiger partial charge in [0, 0.05) is 18.0 Å². The zero-order chi connectivity index (χ0) is 13.8. The number of nitriles is 1. The first kappa shape index (κ1) is 13.1. The van der Waals surface area contributed by atoms with E-state index in [0.717, 1.165) is 10.9 Å². The number of esters is 1. The highest BCUT2D eigenvalue weighted by Gasteiger charge is 2.12. The van der Waals surface area contributed by atoms with Crippen molar-refractivity contribution in [3.63, 3.8) is 0 Å². The number of fused-ring (bicyclic) bond motifs is 1. The van der Waals surface area contributed by atoms with Crippen LogP contribution in [-0.4, -0.2) is 17.6 Å². The second kappa shape index (κ2) is 5.53. The summed E-state index contributed by atoms with van der Waals surface area (Å²) in [6.45, 7) is 2.11. The van der Waals surface area contributed by atoms with Gasteiger partial charge in [-0.05, 0) is 31.0 Å². The Morgan fingerprint density at radius 3 is 3.00 bits per heavy atom. The number of nitrogens with one attached hydrogen (secondary N) is 1. The number of aryl methyl sites for hydroxylation is 1. The topological polar surface area (TPSA) is 65.9 Å². The Morgan fingerprint density at radius 1 is 1.53 bits per heavy atom. The molecule has 0 fully saturated rings. The van der Waals surface area contributed by atoms with Gasteiger partial charge in [-0.2, -0.15) is 5.26 Å². The number of benzene rings is 1. The number of aromatic amines is 1. The van der Waals surface area contributed by atoms with Crippen molar-refractivity contribution in [2.75, 3.05) is 6.61 Å². The fourth-order valence-electron chi connectivity index (χ4n) is 2.02. The third-order valence-electron chi connectivity index (χ3n) is 2.91. The number of ether oxygens (including phenoxy) is 1. The minimum absolute atomic E-state index is 0.000107. The molecule has 0 amide bonds. The van der Waals surface area contributed by atoms with Crippen molar-refractivity contribution in [1.29, 1.82) is 5.26 Å². The third kappa shape index (κ3) is 2.58. The molecule has 0 radical (unpaired) electrons. The van der Waals surface area contributed by atoms with E-state index in [2.05, 4.69) is 4.98 Å². The minimum atomic E-state index is -0.547. The minimum Gasteiger partial charge on any atom is -0.466 e. The molecular weight excluding hydrogens is 247 g/mol. The number of H-pyrrole nitrogens is 1. The lowest BCUT2D eigenvalue weighted by Gasteiger charge is -2.01. The first-order valence-electron chi connectivity index (χ1n) is 6.01. The molecule has 0 atom stereocenters. The van der Waals surface area contributed by atoms with Crippen LogP contribution in [0.15, 0.2) is 18.3 Å². The van der Waals surface area contributed by atoms with Crippen molar-refractivity contribution in [2.45, 2.75) is 19.8 Å². The van der Waals surface area contributed by atoms with Crippen LogP contribution in [0.4, 0.5) is 4.39 Å². The molecular formula is C14H13FN2O2. The lowest BCUT2D eigenvalue weighted by molar-refractivity contribution is -0.143. The lowest BCUT2D eigenvalue weighted by atomic mass is 10.1. The summed E-state index contributed by atoms with van der Waals surface area (Å²) < 4.78 is 18.3. The third-order valence-corrected chi connectivity index (χ3v) is 2.91. The summed E-state index contributed by atoms with van der Waals surface area (Å²) in [6, 6.07) is 4.72. The van der Waals surface area contributed by atoms with Crippen molar-refractivity contribution < 1.29 is 13.9 Å². The molecule has 1 aromatic carbocycles. The average Bonchev–Trinajstić information content (AvgIpc) is 2.80. The van der Waals surface area contributed by atoms with Crippen LogP contribution < -0.4 is 0 Å². The highest BCUT2D eigenvalue weighted by atomic mass is 19.1. The predicted octanol–water partition coefficient (Wildman–Crippen LogP) is 2.67. The highest BCUT2D eigenvalue weighted by Crippen LogP contribution is 2.24. The lowest BCUT2D eigenvalue weighted by Crippen LogP contribution is -2.04. The molecule has 2 rings (SSSR count). The number of hydrogen-bond donors (Lipinski definition) is 1. The summed E-state index contributed by atoms with van der Waals surface area (Å²) in [4.78, 5) is 14.2. The smallest absolute Gasteiger partial charge is 0.306 e. The molecule has 0 bridgehead atoms. The normalized spacial score (nSPS) is 10.4. The van der Waals surface area contributed by atoms with E-state index in [1.807, 2.05) is 6.07 Å². The van der Waals surface area contributed by atoms with Crippen LogP contribution in [-0.2, 0) is 16.0 Å². The standard InChI is InChI=1S/C14H13FN2O2/c1-2-19-13(18)6-3-9-8-17-14-10(9)4-5-12(15)11(14)7-16/h4-5,8,17H,2-3,6H2,1H3. The summed E-state index contributed by atoms with van der Waals surface area (Å²) >= 11 is 0. The monoisotopic (exact) mass is 260 g/mol. The van der Waals surface area contributed by atoms with Gasteiger partial charge in [0.2, 0.25) is 0 Å². The Kier molecular flexibility index (Phi) is 3.81. The molecule has 1 aromatic heterocycles. The van der Waals surface area contributed by atoms with Crippen molar-refractivity contribution in [3.05, 3.63) is 35.3 Å². The molecule has 5 heteroatoms. The highest BCUT2D eigenvalue weighted by molar-refractivity contribution is 5.88. The summed E-state index contributed by atoms with van der Waals surface area (Å²) in [6.07, 6.45) is 2.46. The molecule has 0 saturated carbocycles. The average molecular weight is 260 g/mol. The Balaban J connectivity index is 2.27. The first-order valence-corrected chi connectivity index (χ1v) is 6.01. The van der Waals surface area contributed by atoms with Gasteiger partial charge in [-0.15, -0.1) is 0 Å². The van der Waals surface area contributed by atoms with Crippen molar-refractivity contribution in [1.82, 2.24) is 4.98 Å². The molecule has 1 heterocycles. The Bertz CT molecular complexity index is 655. The molecule has 19 heavy (non-hydrogen) atoms. The van der Waals surface area contributed by atoms with E-state index in [0.29, 0.717) is 18.5 Å². The summed E-state index contributed by atoms with van der Waals surface area (Å²) in [5, 5.41) is 9.70. The molecule has 0 aliphatic heterocycles. The van der Waals surface area contributed by atoms with E-state index < -0.39 is 5.82 Å². The van der Waals surface area contributed by atoms with Gasteiger partial charge in [0.05, 0.1) is 12.1 Å². The molecule has 0 aliphatic carbocycles. The van der Waals surface area contributed by atoms with Crippen LogP contribution in [0.5, 0.6) is 0 Å². The Morgan fingerprint density at radius 2 is 2.32 bits per heavy atom. The van der Waals surface area contributed by atoms with Crippen molar-refractivity contribution in [3.8, 4) is 6.07 Å². The van der Waals surface area contributed by atoms with E-state index in [1.165, 1.54) is 6.07 Å². The van der Waals surface area contributed by atoms with E-state index in [1.54, 1.807) is 19.2 Å². The fraction of sp³-hybridized carbons (Fsp3) is 0.286. The molecule has 2 aromatic rings. The second-order valence-corrected chi connectivity index (χ2v) is 4.08. The van der Waals surface area contributed by atoms with Gasteiger partial charge in [0.25, 0.3) is 0 Å². The fourth-order valence-corrected chi connectivity index (χ4v) is 2.02. The molecule has 0 spiro atoms. The van der Waals surface area contributed by atoms with E-state index >= 15 is 0 Å². The summed E-state index contributed by atoms with van der Waals surface area (Å²) in [5.74, 6) is -0.812. The van der Waals surface area contributed by atoms with Gasteiger partial charge in [0.1, 0.15) is 17.4 Å². The van der Waals surface area contributed by atoms with E-state index in [-0.39, 0.29) is 18.0 Å². The molecule has 1 N–H and O–H groups in total. The van der Waals surface area contributed by atoms with E-state index in [9.17, 15) is 9.18 Å². The number of halogens is 1. The van der Waals surface area contributed by atoms with Gasteiger partial charge in [-0.25, -0.2) is 4.39 Å². The summed E-state index contributed by atoms with van der Waals surface area (Å²) in [5.41, 5.74) is 1.35. The van der Waals surface area contributed by atoms with Crippen LogP contribution in [0.2, 0.25) is 0 Å². The van der Waals surface area contributed by atoms with Crippen molar-refractivity contribution >= 4 is 16.9 Å². The zero-order valence-electron chi connectivity index (χ0n) is 10.5. The van der Waals surface area contributed by atoms with Gasteiger partial charge < -0.3 is 9.72 Å². The van der Waals surface area contributed by atoms with Crippen molar-refractivity contribution in [2.24, 2.45) is 0 Å². The first-order chi connectivity index (χ1) is 9.17. The molecule has 0 saturated heterocycles. The number of aromatic nitrogens is 1. The second-order valence-electron chi connectivity index (χ2n) is 4.08. The van der Waals surface area contributed by atoms with Crippen LogP contribution in [0, 0.1) is 17.1 Å². The predicted molar refractivity (Wildman–Crippen MR) is 67.9 cm³/mol. The molecule has 98 valence electrons. The van der Waals surface area contributed by atoms with Gasteiger partial charge in [-0.1, -0.05) is 0 Å². The summed E-state index contributed by atoms with van der Waals surface area (Å²) in [7, 11) is 0. The largest absolute Gasteiger partial charge is 0.466 e. The maximum atomic E-state index is 13.4. The van der Waals surface area contributed by atoms with E-state index in [4.69, 9.17) is 10.00 Å². The van der Waals surface area contributed by atoms with Gasteiger partial charge in [-0.3, -0.25) is 4.79 Å². The number of carbonyl (C=O) groups excluding carboxylic acids is 1. The Labute approximate surface area is 109 Å². The quantitative estimate of drug-likeness (QED) is 0.859. The Hall–Kier alpha value is -2.35. The molecule has 4 nitrogen and oxygen atoms in total. The number of carbonyl (C=O) groups is 1. The zero-order valence-corrected chi connectivity index (χ0v) is 10.5. The molecule has 0 unspecified atom stereocenters. The van der Waals surface area contributed by atoms with Gasteiger partial charge in [0.15, 0.2) is 0 Å². The van der Waals surface area contributed by atoms with Crippen LogP contribution in [0.25, 0.3) is 10.9 Å². The molecule has 0 aliphatic rings. The van der Waals surface area contributed by atoms with Gasteiger partial charge >= 0.3 is 5.97 Å². The maximum absolute atomic E-state index is 13.4.